The third kappa shape index (κ3) is 6.94. The lowest BCUT2D eigenvalue weighted by molar-refractivity contribution is -0.142. The predicted molar refractivity (Wildman–Crippen MR) is 149 cm³/mol. The van der Waals surface area contributed by atoms with E-state index >= 15 is 0 Å². The Bertz CT molecular complexity index is 1510. The van der Waals surface area contributed by atoms with Crippen molar-refractivity contribution in [3.63, 3.8) is 0 Å². The van der Waals surface area contributed by atoms with Crippen LogP contribution in [0.15, 0.2) is 72.8 Å². The number of rotatable bonds is 9. The van der Waals surface area contributed by atoms with Crippen LogP contribution in [0.25, 0.3) is 11.4 Å². The maximum absolute atomic E-state index is 14.3. The first-order valence-corrected chi connectivity index (χ1v) is 13.9. The average molecular weight is 579 g/mol. The molecule has 5 rings (SSSR count). The maximum Gasteiger partial charge on any atom is 0.247 e. The molecule has 0 saturated heterocycles. The molecule has 11 heteroatoms. The summed E-state index contributed by atoms with van der Waals surface area (Å²) in [5.41, 5.74) is 1.22. The largest absolute Gasteiger partial charge is 0.351 e. The molecule has 3 aromatic carbocycles. The molecular weight excluding hydrogens is 550 g/mol. The lowest BCUT2D eigenvalue weighted by atomic mass is 9.94. The fraction of sp³-hybridized carbons (Fsp3) is 0.300. The van der Waals surface area contributed by atoms with Crippen LogP contribution in [0.1, 0.15) is 49.3 Å². The second-order valence-corrected chi connectivity index (χ2v) is 10.4. The van der Waals surface area contributed by atoms with Gasteiger partial charge in [-0.3, -0.25) is 9.59 Å². The molecule has 0 unspecified atom stereocenters. The normalized spacial score (nSPS) is 14.4. The summed E-state index contributed by atoms with van der Waals surface area (Å²) in [6.45, 7) is -0.381. The molecule has 1 fully saturated rings. The van der Waals surface area contributed by atoms with E-state index in [1.165, 1.54) is 41.3 Å². The van der Waals surface area contributed by atoms with Crippen molar-refractivity contribution < 1.29 is 18.4 Å². The highest BCUT2D eigenvalue weighted by atomic mass is 35.5. The number of aromatic nitrogens is 4. The monoisotopic (exact) mass is 578 g/mol. The Labute approximate surface area is 241 Å². The molecule has 1 aromatic heterocycles. The van der Waals surface area contributed by atoms with Gasteiger partial charge >= 0.3 is 0 Å². The second kappa shape index (κ2) is 13.0. The van der Waals surface area contributed by atoms with Gasteiger partial charge in [0.15, 0.2) is 0 Å². The topological polar surface area (TPSA) is 93.0 Å². The molecule has 1 aliphatic rings. The summed E-state index contributed by atoms with van der Waals surface area (Å²) in [5.74, 6) is -1.83. The van der Waals surface area contributed by atoms with Crippen LogP contribution >= 0.6 is 11.6 Å². The molecule has 1 N–H and O–H groups in total. The first-order chi connectivity index (χ1) is 19.9. The number of amides is 2. The van der Waals surface area contributed by atoms with Crippen LogP contribution in [0.2, 0.25) is 5.02 Å². The summed E-state index contributed by atoms with van der Waals surface area (Å²) in [6, 6.07) is 17.4. The number of nitrogens with zero attached hydrogens (tertiary/aromatic N) is 5. The Morgan fingerprint density at radius 2 is 1.68 bits per heavy atom. The van der Waals surface area contributed by atoms with E-state index in [9.17, 15) is 18.4 Å². The van der Waals surface area contributed by atoms with Crippen molar-refractivity contribution in [2.24, 2.45) is 0 Å². The van der Waals surface area contributed by atoms with Gasteiger partial charge in [0.2, 0.25) is 17.6 Å². The highest BCUT2D eigenvalue weighted by molar-refractivity contribution is 6.31. The lowest BCUT2D eigenvalue weighted by Crippen LogP contribution is -2.47. The Kier molecular flexibility index (Phi) is 8.98. The molecule has 8 nitrogen and oxygen atoms in total. The molecule has 1 atom stereocenters. The summed E-state index contributed by atoms with van der Waals surface area (Å²) in [6.07, 6.45) is 4.84. The number of halogens is 3. The number of hydrogen-bond acceptors (Lipinski definition) is 5. The molecule has 2 amide bonds. The fourth-order valence-corrected chi connectivity index (χ4v) is 5.25. The van der Waals surface area contributed by atoms with Crippen molar-refractivity contribution in [3.8, 4) is 11.4 Å². The Hall–Kier alpha value is -4.18. The zero-order chi connectivity index (χ0) is 28.8. The molecule has 212 valence electrons. The number of tetrazole rings is 1. The van der Waals surface area contributed by atoms with E-state index in [1.807, 2.05) is 0 Å². The van der Waals surface area contributed by atoms with Crippen LogP contribution in [0, 0.1) is 11.6 Å². The van der Waals surface area contributed by atoms with Crippen LogP contribution < -0.4 is 5.32 Å². The first-order valence-electron chi connectivity index (χ1n) is 13.5. The van der Waals surface area contributed by atoms with Gasteiger partial charge < -0.3 is 10.2 Å². The summed E-state index contributed by atoms with van der Waals surface area (Å²) in [7, 11) is 0. The standard InChI is InChI=1S/C30H29ClF2N6O2/c31-25-12-6-4-8-21(25)18-38(27(40)19-39-36-29(35-37-39)24-11-5-7-13-26(24)33)28(20-14-16-22(32)17-15-20)30(41)34-23-9-2-1-3-10-23/h4-8,11-17,23,28H,1-3,9-10,18-19H2,(H,34,41)/t28-/m0/s1. The van der Waals surface area contributed by atoms with Crippen LogP contribution in [0.3, 0.4) is 0 Å². The van der Waals surface area contributed by atoms with Crippen molar-refractivity contribution in [2.75, 3.05) is 0 Å². The molecule has 41 heavy (non-hydrogen) atoms. The fourth-order valence-electron chi connectivity index (χ4n) is 5.05. The quantitative estimate of drug-likeness (QED) is 0.283. The van der Waals surface area contributed by atoms with Crippen LogP contribution in [-0.2, 0) is 22.7 Å². The highest BCUT2D eigenvalue weighted by Gasteiger charge is 2.34. The number of hydrogen-bond donors (Lipinski definition) is 1. The second-order valence-electron chi connectivity index (χ2n) is 10.0. The van der Waals surface area contributed by atoms with E-state index in [2.05, 4.69) is 20.7 Å². The molecule has 1 aliphatic carbocycles. The smallest absolute Gasteiger partial charge is 0.247 e. The zero-order valence-corrected chi connectivity index (χ0v) is 23.0. The Morgan fingerprint density at radius 3 is 2.41 bits per heavy atom. The average Bonchev–Trinajstić information content (AvgIpc) is 3.43. The molecule has 1 saturated carbocycles. The van der Waals surface area contributed by atoms with E-state index in [0.29, 0.717) is 16.1 Å². The van der Waals surface area contributed by atoms with E-state index < -0.39 is 23.6 Å². The van der Waals surface area contributed by atoms with Crippen LogP contribution in [0.4, 0.5) is 8.78 Å². The van der Waals surface area contributed by atoms with Crippen molar-refractivity contribution in [1.82, 2.24) is 30.4 Å². The Morgan fingerprint density at radius 1 is 0.976 bits per heavy atom. The van der Waals surface area contributed by atoms with Crippen molar-refractivity contribution >= 4 is 23.4 Å². The number of carbonyl (C=O) groups is 2. The van der Waals surface area contributed by atoms with Gasteiger partial charge in [-0.15, -0.1) is 10.2 Å². The van der Waals surface area contributed by atoms with Gasteiger partial charge in [-0.2, -0.15) is 4.80 Å². The van der Waals surface area contributed by atoms with Gasteiger partial charge in [-0.1, -0.05) is 73.3 Å². The lowest BCUT2D eigenvalue weighted by Gasteiger charge is -2.33. The van der Waals surface area contributed by atoms with Gasteiger partial charge in [0.25, 0.3) is 0 Å². The molecule has 0 aliphatic heterocycles. The van der Waals surface area contributed by atoms with Crippen molar-refractivity contribution in [1.29, 1.82) is 0 Å². The number of carbonyl (C=O) groups excluding carboxylic acids is 2. The minimum atomic E-state index is -1.09. The minimum Gasteiger partial charge on any atom is -0.351 e. The molecule has 0 radical (unpaired) electrons. The van der Waals surface area contributed by atoms with E-state index in [1.54, 1.807) is 36.4 Å². The van der Waals surface area contributed by atoms with Crippen molar-refractivity contribution in [2.45, 2.75) is 57.3 Å². The van der Waals surface area contributed by atoms with E-state index in [0.717, 1.165) is 36.9 Å². The van der Waals surface area contributed by atoms with Crippen LogP contribution in [-0.4, -0.2) is 43.0 Å². The third-order valence-electron chi connectivity index (χ3n) is 7.16. The molecule has 0 spiro atoms. The number of nitrogens with one attached hydrogen (secondary N) is 1. The zero-order valence-electron chi connectivity index (χ0n) is 22.2. The highest BCUT2D eigenvalue weighted by Crippen LogP contribution is 2.28. The van der Waals surface area contributed by atoms with E-state index in [-0.39, 0.29) is 36.4 Å². The van der Waals surface area contributed by atoms with E-state index in [4.69, 9.17) is 11.6 Å². The maximum atomic E-state index is 14.3. The van der Waals surface area contributed by atoms with Gasteiger partial charge in [-0.05, 0) is 59.5 Å². The number of benzene rings is 3. The summed E-state index contributed by atoms with van der Waals surface area (Å²) in [4.78, 5) is 30.3. The van der Waals surface area contributed by atoms with Gasteiger partial charge in [0.05, 0.1) is 5.56 Å². The molecule has 1 heterocycles. The van der Waals surface area contributed by atoms with Gasteiger partial charge in [0, 0.05) is 17.6 Å². The summed E-state index contributed by atoms with van der Waals surface area (Å²) in [5, 5.41) is 15.6. The molecule has 0 bridgehead atoms. The summed E-state index contributed by atoms with van der Waals surface area (Å²) < 4.78 is 28.2. The van der Waals surface area contributed by atoms with Crippen LogP contribution in [0.5, 0.6) is 0 Å². The third-order valence-corrected chi connectivity index (χ3v) is 7.53. The predicted octanol–water partition coefficient (Wildman–Crippen LogP) is 5.49. The minimum absolute atomic E-state index is 0.00644. The molecular formula is C30H29ClF2N6O2. The Balaban J connectivity index is 1.49. The van der Waals surface area contributed by atoms with Gasteiger partial charge in [-0.25, -0.2) is 8.78 Å². The SMILES string of the molecule is O=C(NC1CCCCC1)[C@H](c1ccc(F)cc1)N(Cc1ccccc1Cl)C(=O)Cn1nnc(-c2ccccc2F)n1. The molecule has 4 aromatic rings. The summed E-state index contributed by atoms with van der Waals surface area (Å²) >= 11 is 6.46. The first kappa shape index (κ1) is 28.4. The van der Waals surface area contributed by atoms with Gasteiger partial charge in [0.1, 0.15) is 24.2 Å². The van der Waals surface area contributed by atoms with Crippen molar-refractivity contribution in [3.05, 3.63) is 101 Å².